The Labute approximate surface area is 142 Å². The number of anilines is 1. The van der Waals surface area contributed by atoms with Crippen molar-refractivity contribution in [2.75, 3.05) is 31.5 Å². The van der Waals surface area contributed by atoms with Gasteiger partial charge in [0, 0.05) is 50.2 Å². The fraction of sp³-hybridized carbons (Fsp3) is 0.250. The van der Waals surface area contributed by atoms with Crippen LogP contribution in [0.3, 0.4) is 0 Å². The van der Waals surface area contributed by atoms with E-state index < -0.39 is 0 Å². The molecule has 0 unspecified atom stereocenters. The number of amides is 1. The van der Waals surface area contributed by atoms with E-state index in [0.29, 0.717) is 0 Å². The van der Waals surface area contributed by atoms with Gasteiger partial charge < -0.3 is 10.2 Å². The molecule has 122 valence electrons. The molecule has 2 aliphatic heterocycles. The fourth-order valence-electron chi connectivity index (χ4n) is 3.34. The summed E-state index contributed by atoms with van der Waals surface area (Å²) < 4.78 is 0. The van der Waals surface area contributed by atoms with E-state index in [-0.39, 0.29) is 5.91 Å². The van der Waals surface area contributed by atoms with E-state index in [1.165, 1.54) is 5.56 Å². The highest BCUT2D eigenvalue weighted by molar-refractivity contribution is 6.31. The molecular weight excluding hydrogens is 298 g/mol. The van der Waals surface area contributed by atoms with Crippen molar-refractivity contribution in [3.05, 3.63) is 71.9 Å². The third kappa shape index (κ3) is 3.05. The van der Waals surface area contributed by atoms with Crippen LogP contribution >= 0.6 is 0 Å². The second-order valence-corrected chi connectivity index (χ2v) is 6.34. The van der Waals surface area contributed by atoms with E-state index in [9.17, 15) is 4.79 Å². The van der Waals surface area contributed by atoms with Crippen LogP contribution in [0.25, 0.3) is 5.57 Å². The summed E-state index contributed by atoms with van der Waals surface area (Å²) in [6.45, 7) is 4.93. The van der Waals surface area contributed by atoms with Crippen LogP contribution in [-0.4, -0.2) is 41.9 Å². The van der Waals surface area contributed by atoms with Crippen molar-refractivity contribution in [2.24, 2.45) is 0 Å². The molecule has 2 aromatic rings. The predicted molar refractivity (Wildman–Crippen MR) is 96.3 cm³/mol. The number of rotatable bonds is 3. The van der Waals surface area contributed by atoms with Crippen molar-refractivity contribution >= 4 is 17.2 Å². The highest BCUT2D eigenvalue weighted by atomic mass is 16.2. The molecule has 2 heterocycles. The third-order valence-electron chi connectivity index (χ3n) is 4.68. The normalized spacial score (nSPS) is 19.4. The zero-order valence-corrected chi connectivity index (χ0v) is 13.6. The van der Waals surface area contributed by atoms with Gasteiger partial charge in [0.25, 0.3) is 5.91 Å². The molecule has 1 N–H and O–H groups in total. The van der Waals surface area contributed by atoms with Crippen molar-refractivity contribution in [3.8, 4) is 0 Å². The van der Waals surface area contributed by atoms with Crippen molar-refractivity contribution < 1.29 is 4.79 Å². The van der Waals surface area contributed by atoms with E-state index in [1.807, 2.05) is 30.5 Å². The highest BCUT2D eigenvalue weighted by Crippen LogP contribution is 2.31. The second kappa shape index (κ2) is 6.49. The molecule has 4 rings (SSSR count). The summed E-state index contributed by atoms with van der Waals surface area (Å²) in [4.78, 5) is 16.9. The topological polar surface area (TPSA) is 35.6 Å². The zero-order valence-electron chi connectivity index (χ0n) is 13.6. The number of nitrogens with one attached hydrogen (secondary N) is 1. The van der Waals surface area contributed by atoms with Crippen molar-refractivity contribution in [1.29, 1.82) is 0 Å². The fourth-order valence-corrected chi connectivity index (χ4v) is 3.34. The molecule has 4 nitrogen and oxygen atoms in total. The van der Waals surface area contributed by atoms with E-state index >= 15 is 0 Å². The van der Waals surface area contributed by atoms with Gasteiger partial charge in [-0.3, -0.25) is 9.69 Å². The first-order valence-electron chi connectivity index (χ1n) is 8.42. The van der Waals surface area contributed by atoms with E-state index in [4.69, 9.17) is 0 Å². The molecule has 1 amide bonds. The van der Waals surface area contributed by atoms with Crippen molar-refractivity contribution in [2.45, 2.75) is 6.54 Å². The summed E-state index contributed by atoms with van der Waals surface area (Å²) in [7, 11) is 0. The molecule has 0 radical (unpaired) electrons. The molecule has 1 saturated heterocycles. The molecule has 0 atom stereocenters. The van der Waals surface area contributed by atoms with Gasteiger partial charge in [-0.15, -0.1) is 0 Å². The maximum atomic E-state index is 12.2. The van der Waals surface area contributed by atoms with Crippen LogP contribution in [0.5, 0.6) is 0 Å². The molecule has 0 aliphatic carbocycles. The highest BCUT2D eigenvalue weighted by Gasteiger charge is 2.25. The zero-order chi connectivity index (χ0) is 16.4. The predicted octanol–water partition coefficient (Wildman–Crippen LogP) is 2.80. The Hall–Kier alpha value is -2.59. The minimum Gasteiger partial charge on any atom is -0.374 e. The van der Waals surface area contributed by atoms with Crippen LogP contribution in [0.1, 0.15) is 11.1 Å². The van der Waals surface area contributed by atoms with Crippen LogP contribution in [0.4, 0.5) is 5.69 Å². The standard InChI is InChI=1S/C20H21N3O/c24-20-18(17-8-4-5-9-19(17)21-20)15-23-12-10-22(11-13-23)14-16-6-2-1-3-7-16/h1-9,15H,10-14H2,(H,21,24)/b18-15+. The van der Waals surface area contributed by atoms with Gasteiger partial charge in [-0.25, -0.2) is 0 Å². The summed E-state index contributed by atoms with van der Waals surface area (Å²) in [6, 6.07) is 18.5. The number of nitrogens with zero attached hydrogens (tertiary/aromatic N) is 2. The Kier molecular flexibility index (Phi) is 4.05. The average molecular weight is 319 g/mol. The number of hydrogen-bond acceptors (Lipinski definition) is 3. The van der Waals surface area contributed by atoms with E-state index in [2.05, 4.69) is 45.4 Å². The Morgan fingerprint density at radius 3 is 2.42 bits per heavy atom. The molecule has 2 aliphatic rings. The molecule has 0 spiro atoms. The van der Waals surface area contributed by atoms with Crippen LogP contribution in [0, 0.1) is 0 Å². The third-order valence-corrected chi connectivity index (χ3v) is 4.68. The summed E-state index contributed by atoms with van der Waals surface area (Å²) in [5.41, 5.74) is 4.06. The van der Waals surface area contributed by atoms with Gasteiger partial charge in [0.15, 0.2) is 0 Å². The summed E-state index contributed by atoms with van der Waals surface area (Å²) in [5, 5.41) is 2.93. The number of fused-ring (bicyclic) bond motifs is 1. The Balaban J connectivity index is 1.41. The minimum atomic E-state index is 0.00270. The van der Waals surface area contributed by atoms with Crippen LogP contribution < -0.4 is 5.32 Å². The lowest BCUT2D eigenvalue weighted by Crippen LogP contribution is -2.43. The van der Waals surface area contributed by atoms with Crippen LogP contribution in [-0.2, 0) is 11.3 Å². The number of hydrogen-bond donors (Lipinski definition) is 1. The molecule has 0 bridgehead atoms. The van der Waals surface area contributed by atoms with Crippen molar-refractivity contribution in [1.82, 2.24) is 9.80 Å². The smallest absolute Gasteiger partial charge is 0.257 e. The number of carbonyl (C=O) groups excluding carboxylic acids is 1. The quantitative estimate of drug-likeness (QED) is 0.884. The summed E-state index contributed by atoms with van der Waals surface area (Å²) in [5.74, 6) is 0.00270. The van der Waals surface area contributed by atoms with Crippen LogP contribution in [0.2, 0.25) is 0 Å². The number of carbonyl (C=O) groups is 1. The monoisotopic (exact) mass is 319 g/mol. The Morgan fingerprint density at radius 2 is 1.62 bits per heavy atom. The molecule has 2 aromatic carbocycles. The number of benzene rings is 2. The molecular formula is C20H21N3O. The lowest BCUT2D eigenvalue weighted by Gasteiger charge is -2.34. The Morgan fingerprint density at radius 1 is 0.917 bits per heavy atom. The maximum Gasteiger partial charge on any atom is 0.257 e. The molecule has 0 saturated carbocycles. The molecule has 24 heavy (non-hydrogen) atoms. The lowest BCUT2D eigenvalue weighted by molar-refractivity contribution is -0.110. The Bertz CT molecular complexity index is 761. The first kappa shape index (κ1) is 15.0. The van der Waals surface area contributed by atoms with E-state index in [0.717, 1.165) is 49.5 Å². The minimum absolute atomic E-state index is 0.00270. The van der Waals surface area contributed by atoms with Gasteiger partial charge in [-0.1, -0.05) is 48.5 Å². The first-order valence-corrected chi connectivity index (χ1v) is 8.42. The van der Waals surface area contributed by atoms with Gasteiger partial charge in [-0.05, 0) is 11.6 Å². The van der Waals surface area contributed by atoms with Gasteiger partial charge >= 0.3 is 0 Å². The second-order valence-electron chi connectivity index (χ2n) is 6.34. The summed E-state index contributed by atoms with van der Waals surface area (Å²) in [6.07, 6.45) is 2.03. The van der Waals surface area contributed by atoms with Crippen molar-refractivity contribution in [3.63, 3.8) is 0 Å². The average Bonchev–Trinajstić information content (AvgIpc) is 2.93. The van der Waals surface area contributed by atoms with Gasteiger partial charge in [0.1, 0.15) is 0 Å². The van der Waals surface area contributed by atoms with Gasteiger partial charge in [-0.2, -0.15) is 0 Å². The first-order chi connectivity index (χ1) is 11.8. The van der Waals surface area contributed by atoms with Gasteiger partial charge in [0.2, 0.25) is 0 Å². The SMILES string of the molecule is O=C1Nc2ccccc2/C1=C\N1CCN(Cc2ccccc2)CC1. The van der Waals surface area contributed by atoms with Gasteiger partial charge in [0.05, 0.1) is 5.57 Å². The summed E-state index contributed by atoms with van der Waals surface area (Å²) >= 11 is 0. The lowest BCUT2D eigenvalue weighted by atomic mass is 10.1. The maximum absolute atomic E-state index is 12.2. The largest absolute Gasteiger partial charge is 0.374 e. The van der Waals surface area contributed by atoms with Crippen LogP contribution in [0.15, 0.2) is 60.8 Å². The molecule has 1 fully saturated rings. The number of para-hydroxylation sites is 1. The molecule has 0 aromatic heterocycles. The number of piperazine rings is 1. The van der Waals surface area contributed by atoms with E-state index in [1.54, 1.807) is 0 Å². The molecule has 4 heteroatoms.